The van der Waals surface area contributed by atoms with Gasteiger partial charge in [0, 0.05) is 11.1 Å². The highest BCUT2D eigenvalue weighted by molar-refractivity contribution is 6.40. The predicted molar refractivity (Wildman–Crippen MR) is 69.2 cm³/mol. The van der Waals surface area contributed by atoms with Crippen LogP contribution in [0.1, 0.15) is 15.9 Å². The summed E-state index contributed by atoms with van der Waals surface area (Å²) in [6.45, 7) is 0.152. The van der Waals surface area contributed by atoms with Crippen molar-refractivity contribution in [2.45, 2.75) is 6.61 Å². The monoisotopic (exact) mass is 256 g/mol. The molecule has 0 aliphatic heterocycles. The average Bonchev–Trinajstić information content (AvgIpc) is 2.45. The summed E-state index contributed by atoms with van der Waals surface area (Å²) in [4.78, 5) is 22.3. The van der Waals surface area contributed by atoms with Crippen LogP contribution < -0.4 is 4.74 Å². The Balaban J connectivity index is 2.17. The fraction of sp³-hybridized carbons (Fsp3) is 0.0667. The Morgan fingerprint density at radius 1 is 0.947 bits per heavy atom. The molecule has 1 N–H and O–H groups in total. The smallest absolute Gasteiger partial charge is 0.377 e. The number of benzene rings is 2. The van der Waals surface area contributed by atoms with Crippen LogP contribution in [0, 0.1) is 0 Å². The first-order valence-electron chi connectivity index (χ1n) is 5.72. The van der Waals surface area contributed by atoms with Gasteiger partial charge < -0.3 is 9.84 Å². The van der Waals surface area contributed by atoms with E-state index in [-0.39, 0.29) is 12.2 Å². The number of aliphatic carboxylic acids is 1. The summed E-state index contributed by atoms with van der Waals surface area (Å²) < 4.78 is 5.52. The zero-order valence-corrected chi connectivity index (χ0v) is 10.1. The number of carboxylic acids is 1. The highest BCUT2D eigenvalue weighted by atomic mass is 16.5. The Kier molecular flexibility index (Phi) is 3.93. The molecule has 4 nitrogen and oxygen atoms in total. The molecule has 0 saturated carbocycles. The third-order valence-electron chi connectivity index (χ3n) is 2.59. The summed E-state index contributed by atoms with van der Waals surface area (Å²) in [6, 6.07) is 15.7. The van der Waals surface area contributed by atoms with Gasteiger partial charge in [0.05, 0.1) is 0 Å². The van der Waals surface area contributed by atoms with E-state index < -0.39 is 11.8 Å². The topological polar surface area (TPSA) is 63.6 Å². The maximum absolute atomic E-state index is 11.5. The summed E-state index contributed by atoms with van der Waals surface area (Å²) in [5.41, 5.74) is 0.713. The van der Waals surface area contributed by atoms with Crippen molar-refractivity contribution in [1.29, 1.82) is 0 Å². The van der Waals surface area contributed by atoms with Crippen molar-refractivity contribution < 1.29 is 19.4 Å². The van der Waals surface area contributed by atoms with Crippen molar-refractivity contribution >= 4 is 11.8 Å². The van der Waals surface area contributed by atoms with Crippen LogP contribution in [0.3, 0.4) is 0 Å². The second-order valence-corrected chi connectivity index (χ2v) is 3.89. The first kappa shape index (κ1) is 12.8. The van der Waals surface area contributed by atoms with Crippen LogP contribution in [0.15, 0.2) is 54.6 Å². The number of hydrogen-bond acceptors (Lipinski definition) is 3. The zero-order chi connectivity index (χ0) is 13.7. The van der Waals surface area contributed by atoms with Gasteiger partial charge in [-0.05, 0) is 12.1 Å². The molecule has 4 heteroatoms. The number of carboxylic acid groups (broad SMARTS) is 1. The number of ketones is 1. The summed E-state index contributed by atoms with van der Waals surface area (Å²) in [6.07, 6.45) is 0. The SMILES string of the molecule is O=C(O)C(=O)c1ccccc1COc1ccccc1. The van der Waals surface area contributed by atoms with Gasteiger partial charge in [-0.3, -0.25) is 4.79 Å². The van der Waals surface area contributed by atoms with Crippen LogP contribution in [0.4, 0.5) is 0 Å². The lowest BCUT2D eigenvalue weighted by Gasteiger charge is -2.09. The van der Waals surface area contributed by atoms with E-state index in [1.54, 1.807) is 30.3 Å². The number of Topliss-reactive ketones (excluding diaryl/α,β-unsaturated/α-hetero) is 1. The van der Waals surface area contributed by atoms with E-state index in [1.807, 2.05) is 18.2 Å². The fourth-order valence-corrected chi connectivity index (χ4v) is 1.66. The van der Waals surface area contributed by atoms with Gasteiger partial charge in [0.1, 0.15) is 12.4 Å². The molecule has 2 aromatic carbocycles. The predicted octanol–water partition coefficient (Wildman–Crippen LogP) is 2.53. The number of para-hydroxylation sites is 1. The molecular weight excluding hydrogens is 244 g/mol. The van der Waals surface area contributed by atoms with Gasteiger partial charge in [0.15, 0.2) is 0 Å². The largest absolute Gasteiger partial charge is 0.489 e. The first-order chi connectivity index (χ1) is 9.18. The fourth-order valence-electron chi connectivity index (χ4n) is 1.66. The van der Waals surface area contributed by atoms with Crippen molar-refractivity contribution in [1.82, 2.24) is 0 Å². The van der Waals surface area contributed by atoms with Crippen LogP contribution in [0.5, 0.6) is 5.75 Å². The van der Waals surface area contributed by atoms with Crippen molar-refractivity contribution in [2.75, 3.05) is 0 Å². The summed E-state index contributed by atoms with van der Waals surface area (Å²) in [5.74, 6) is -1.72. The van der Waals surface area contributed by atoms with Crippen LogP contribution in [0.25, 0.3) is 0 Å². The van der Waals surface area contributed by atoms with E-state index in [1.165, 1.54) is 6.07 Å². The molecule has 0 saturated heterocycles. The average molecular weight is 256 g/mol. The van der Waals surface area contributed by atoms with E-state index in [0.717, 1.165) is 0 Å². The van der Waals surface area contributed by atoms with Crippen molar-refractivity contribution in [2.24, 2.45) is 0 Å². The van der Waals surface area contributed by atoms with Crippen LogP contribution in [-0.4, -0.2) is 16.9 Å². The number of carbonyl (C=O) groups is 2. The van der Waals surface area contributed by atoms with Crippen LogP contribution in [-0.2, 0) is 11.4 Å². The van der Waals surface area contributed by atoms with Crippen LogP contribution >= 0.6 is 0 Å². The van der Waals surface area contributed by atoms with Gasteiger partial charge >= 0.3 is 5.97 Å². The molecule has 0 aliphatic rings. The molecule has 96 valence electrons. The maximum Gasteiger partial charge on any atom is 0.377 e. The molecule has 0 atom stereocenters. The number of carbonyl (C=O) groups excluding carboxylic acids is 1. The Bertz CT molecular complexity index is 590. The molecule has 0 spiro atoms. The lowest BCUT2D eigenvalue weighted by Crippen LogP contribution is -2.15. The summed E-state index contributed by atoms with van der Waals surface area (Å²) in [7, 11) is 0. The van der Waals surface area contributed by atoms with Gasteiger partial charge in [0.25, 0.3) is 5.78 Å². The standard InChI is InChI=1S/C15H12O4/c16-14(15(17)18)13-9-5-4-6-11(13)10-19-12-7-2-1-3-8-12/h1-9H,10H2,(H,17,18). The molecule has 19 heavy (non-hydrogen) atoms. The van der Waals surface area contributed by atoms with E-state index in [2.05, 4.69) is 0 Å². The molecule has 0 aromatic heterocycles. The Labute approximate surface area is 110 Å². The minimum atomic E-state index is -1.47. The molecule has 2 rings (SSSR count). The van der Waals surface area contributed by atoms with Crippen molar-refractivity contribution in [3.63, 3.8) is 0 Å². The zero-order valence-electron chi connectivity index (χ0n) is 10.1. The van der Waals surface area contributed by atoms with E-state index >= 15 is 0 Å². The molecule has 0 bridgehead atoms. The number of rotatable bonds is 5. The lowest BCUT2D eigenvalue weighted by atomic mass is 10.0. The van der Waals surface area contributed by atoms with Gasteiger partial charge in [0.2, 0.25) is 0 Å². The summed E-state index contributed by atoms with van der Waals surface area (Å²) >= 11 is 0. The van der Waals surface area contributed by atoms with E-state index in [0.29, 0.717) is 11.3 Å². The molecule has 0 radical (unpaired) electrons. The minimum absolute atomic E-state index is 0.152. The van der Waals surface area contributed by atoms with Gasteiger partial charge in [-0.2, -0.15) is 0 Å². The van der Waals surface area contributed by atoms with Crippen LogP contribution in [0.2, 0.25) is 0 Å². The maximum atomic E-state index is 11.5. The number of ether oxygens (including phenoxy) is 1. The van der Waals surface area contributed by atoms with Gasteiger partial charge in [-0.15, -0.1) is 0 Å². The third kappa shape index (κ3) is 3.19. The Morgan fingerprint density at radius 2 is 1.58 bits per heavy atom. The third-order valence-corrected chi connectivity index (χ3v) is 2.59. The second kappa shape index (κ2) is 5.82. The van der Waals surface area contributed by atoms with Gasteiger partial charge in [-0.25, -0.2) is 4.79 Å². The van der Waals surface area contributed by atoms with Crippen molar-refractivity contribution in [3.05, 3.63) is 65.7 Å². The van der Waals surface area contributed by atoms with Crippen molar-refractivity contribution in [3.8, 4) is 5.75 Å². The highest BCUT2D eigenvalue weighted by Crippen LogP contribution is 2.15. The molecule has 0 heterocycles. The highest BCUT2D eigenvalue weighted by Gasteiger charge is 2.17. The molecule has 0 amide bonds. The quantitative estimate of drug-likeness (QED) is 0.659. The number of hydrogen-bond donors (Lipinski definition) is 1. The first-order valence-corrected chi connectivity index (χ1v) is 5.72. The summed E-state index contributed by atoms with van der Waals surface area (Å²) in [5, 5.41) is 8.75. The second-order valence-electron chi connectivity index (χ2n) is 3.89. The minimum Gasteiger partial charge on any atom is -0.489 e. The molecule has 0 fully saturated rings. The molecule has 0 aliphatic carbocycles. The van der Waals surface area contributed by atoms with E-state index in [4.69, 9.17) is 9.84 Å². The van der Waals surface area contributed by atoms with E-state index in [9.17, 15) is 9.59 Å². The normalized spacial score (nSPS) is 9.89. The molecule has 2 aromatic rings. The molecule has 0 unspecified atom stereocenters. The Hall–Kier alpha value is -2.62. The Morgan fingerprint density at radius 3 is 2.26 bits per heavy atom. The molecular formula is C15H12O4. The van der Waals surface area contributed by atoms with Gasteiger partial charge in [-0.1, -0.05) is 42.5 Å². The lowest BCUT2D eigenvalue weighted by molar-refractivity contribution is -0.131.